The molecule has 0 atom stereocenters. The highest BCUT2D eigenvalue weighted by molar-refractivity contribution is 5.94. The second-order valence-corrected chi connectivity index (χ2v) is 3.56. The largest absolute Gasteiger partial charge is 0.481 e. The lowest BCUT2D eigenvalue weighted by molar-refractivity contribution is -0.137. The van der Waals surface area contributed by atoms with Crippen LogP contribution in [0.25, 0.3) is 0 Å². The van der Waals surface area contributed by atoms with Crippen molar-refractivity contribution >= 4 is 11.9 Å². The number of hydrogen-bond acceptors (Lipinski definition) is 3. The van der Waals surface area contributed by atoms with E-state index >= 15 is 0 Å². The topological polar surface area (TPSA) is 81.4 Å². The summed E-state index contributed by atoms with van der Waals surface area (Å²) in [7, 11) is 1.53. The number of carboxylic acid groups (broad SMARTS) is 1. The van der Waals surface area contributed by atoms with Crippen LogP contribution in [0.1, 0.15) is 22.3 Å². The van der Waals surface area contributed by atoms with Gasteiger partial charge in [0.1, 0.15) is 0 Å². The van der Waals surface area contributed by atoms with Gasteiger partial charge in [-0.1, -0.05) is 6.07 Å². The van der Waals surface area contributed by atoms with Gasteiger partial charge in [-0.25, -0.2) is 0 Å². The van der Waals surface area contributed by atoms with Gasteiger partial charge in [0, 0.05) is 19.2 Å². The summed E-state index contributed by atoms with van der Waals surface area (Å²) < 4.78 is 0. The molecule has 1 rings (SSSR count). The van der Waals surface area contributed by atoms with Gasteiger partial charge in [-0.3, -0.25) is 9.59 Å². The summed E-state index contributed by atoms with van der Waals surface area (Å²) in [5.74, 6) is -1.24. The van der Waals surface area contributed by atoms with Crippen LogP contribution in [-0.2, 0) is 4.79 Å². The number of carbonyl (C=O) groups excluding carboxylic acids is 1. The van der Waals surface area contributed by atoms with Crippen LogP contribution < -0.4 is 0 Å². The molecule has 1 aromatic carbocycles. The first kappa shape index (κ1) is 12.7. The van der Waals surface area contributed by atoms with Crippen LogP contribution in [0.4, 0.5) is 0 Å². The molecule has 0 spiro atoms. The van der Waals surface area contributed by atoms with Crippen molar-refractivity contribution in [3.8, 4) is 6.07 Å². The first-order valence-electron chi connectivity index (χ1n) is 5.02. The molecule has 0 unspecified atom stereocenters. The van der Waals surface area contributed by atoms with Gasteiger partial charge in [-0.15, -0.1) is 0 Å². The third-order valence-corrected chi connectivity index (χ3v) is 2.25. The molecule has 17 heavy (non-hydrogen) atoms. The lowest BCUT2D eigenvalue weighted by Gasteiger charge is -2.15. The Labute approximate surface area is 98.9 Å². The number of nitrogens with zero attached hydrogens (tertiary/aromatic N) is 2. The first-order valence-corrected chi connectivity index (χ1v) is 5.02. The summed E-state index contributed by atoms with van der Waals surface area (Å²) >= 11 is 0. The van der Waals surface area contributed by atoms with E-state index in [4.69, 9.17) is 10.4 Å². The first-order chi connectivity index (χ1) is 8.04. The van der Waals surface area contributed by atoms with Gasteiger partial charge in [-0.05, 0) is 18.2 Å². The standard InChI is InChI=1S/C12H12N2O3/c1-14(6-5-11(15)16)12(17)10-4-2-3-9(7-10)8-13/h2-4,7H,5-6H2,1H3,(H,15,16). The van der Waals surface area contributed by atoms with Crippen molar-refractivity contribution in [2.45, 2.75) is 6.42 Å². The van der Waals surface area contributed by atoms with Gasteiger partial charge in [0.05, 0.1) is 18.1 Å². The number of rotatable bonds is 4. The van der Waals surface area contributed by atoms with Crippen molar-refractivity contribution in [2.24, 2.45) is 0 Å². The quantitative estimate of drug-likeness (QED) is 0.842. The SMILES string of the molecule is CN(CCC(=O)O)C(=O)c1cccc(C#N)c1. The average molecular weight is 232 g/mol. The van der Waals surface area contributed by atoms with E-state index in [0.717, 1.165) is 0 Å². The number of nitriles is 1. The van der Waals surface area contributed by atoms with Gasteiger partial charge in [0.15, 0.2) is 0 Å². The zero-order valence-electron chi connectivity index (χ0n) is 9.38. The monoisotopic (exact) mass is 232 g/mol. The molecule has 5 heteroatoms. The normalized spacial score (nSPS) is 9.41. The van der Waals surface area contributed by atoms with Gasteiger partial charge in [0.25, 0.3) is 5.91 Å². The van der Waals surface area contributed by atoms with E-state index in [-0.39, 0.29) is 18.9 Å². The van der Waals surface area contributed by atoms with Crippen LogP contribution in [0.5, 0.6) is 0 Å². The predicted octanol–water partition coefficient (Wildman–Crippen LogP) is 1.10. The summed E-state index contributed by atoms with van der Waals surface area (Å²) in [5, 5.41) is 17.2. The Kier molecular flexibility index (Phi) is 4.23. The van der Waals surface area contributed by atoms with Gasteiger partial charge >= 0.3 is 5.97 Å². The molecule has 0 aliphatic rings. The smallest absolute Gasteiger partial charge is 0.305 e. The van der Waals surface area contributed by atoms with Crippen molar-refractivity contribution < 1.29 is 14.7 Å². The molecule has 1 aromatic rings. The molecule has 1 amide bonds. The Bertz CT molecular complexity index is 477. The van der Waals surface area contributed by atoms with Gasteiger partial charge < -0.3 is 10.0 Å². The van der Waals surface area contributed by atoms with Crippen molar-refractivity contribution in [2.75, 3.05) is 13.6 Å². The number of amides is 1. The fourth-order valence-corrected chi connectivity index (χ4v) is 1.31. The maximum Gasteiger partial charge on any atom is 0.305 e. The van der Waals surface area contributed by atoms with Crippen LogP contribution in [0.3, 0.4) is 0 Å². The van der Waals surface area contributed by atoms with Crippen LogP contribution in [-0.4, -0.2) is 35.5 Å². The van der Waals surface area contributed by atoms with E-state index in [1.165, 1.54) is 18.0 Å². The predicted molar refractivity (Wildman–Crippen MR) is 60.4 cm³/mol. The maximum absolute atomic E-state index is 11.8. The zero-order valence-corrected chi connectivity index (χ0v) is 9.38. The van der Waals surface area contributed by atoms with E-state index < -0.39 is 5.97 Å². The fraction of sp³-hybridized carbons (Fsp3) is 0.250. The Morgan fingerprint density at radius 2 is 2.18 bits per heavy atom. The maximum atomic E-state index is 11.8. The Hall–Kier alpha value is -2.35. The van der Waals surface area contributed by atoms with E-state index in [1.54, 1.807) is 18.2 Å². The second kappa shape index (κ2) is 5.66. The molecule has 0 aliphatic heterocycles. The minimum atomic E-state index is -0.949. The minimum absolute atomic E-state index is 0.0970. The summed E-state index contributed by atoms with van der Waals surface area (Å²) in [4.78, 5) is 23.6. The molecule has 0 aliphatic carbocycles. The number of carboxylic acids is 1. The second-order valence-electron chi connectivity index (χ2n) is 3.56. The zero-order chi connectivity index (χ0) is 12.8. The van der Waals surface area contributed by atoms with E-state index in [0.29, 0.717) is 11.1 Å². The van der Waals surface area contributed by atoms with Crippen LogP contribution in [0.2, 0.25) is 0 Å². The molecule has 0 aromatic heterocycles. The van der Waals surface area contributed by atoms with Crippen LogP contribution >= 0.6 is 0 Å². The molecule has 0 saturated heterocycles. The summed E-state index contributed by atoms with van der Waals surface area (Å²) in [6.45, 7) is 0.144. The average Bonchev–Trinajstić information content (AvgIpc) is 2.35. The van der Waals surface area contributed by atoms with Crippen molar-refractivity contribution in [1.82, 2.24) is 4.90 Å². The molecule has 5 nitrogen and oxygen atoms in total. The van der Waals surface area contributed by atoms with E-state index in [2.05, 4.69) is 0 Å². The number of aliphatic carboxylic acids is 1. The van der Waals surface area contributed by atoms with Crippen molar-refractivity contribution in [3.05, 3.63) is 35.4 Å². The van der Waals surface area contributed by atoms with Gasteiger partial charge in [-0.2, -0.15) is 5.26 Å². The molecular formula is C12H12N2O3. The number of carbonyl (C=O) groups is 2. The molecular weight excluding hydrogens is 220 g/mol. The molecule has 0 saturated carbocycles. The summed E-state index contributed by atoms with van der Waals surface area (Å²) in [6, 6.07) is 8.26. The highest BCUT2D eigenvalue weighted by Gasteiger charge is 2.12. The lowest BCUT2D eigenvalue weighted by Crippen LogP contribution is -2.29. The van der Waals surface area contributed by atoms with Gasteiger partial charge in [0.2, 0.25) is 0 Å². The van der Waals surface area contributed by atoms with E-state index in [1.807, 2.05) is 6.07 Å². The third kappa shape index (κ3) is 3.61. The highest BCUT2D eigenvalue weighted by Crippen LogP contribution is 2.07. The van der Waals surface area contributed by atoms with E-state index in [9.17, 15) is 9.59 Å². The third-order valence-electron chi connectivity index (χ3n) is 2.25. The van der Waals surface area contributed by atoms with Crippen molar-refractivity contribution in [3.63, 3.8) is 0 Å². The lowest BCUT2D eigenvalue weighted by atomic mass is 10.1. The molecule has 0 radical (unpaired) electrons. The van der Waals surface area contributed by atoms with Crippen LogP contribution in [0, 0.1) is 11.3 Å². The fourth-order valence-electron chi connectivity index (χ4n) is 1.31. The minimum Gasteiger partial charge on any atom is -0.481 e. The molecule has 88 valence electrons. The molecule has 1 N–H and O–H groups in total. The number of hydrogen-bond donors (Lipinski definition) is 1. The molecule has 0 heterocycles. The Morgan fingerprint density at radius 1 is 1.47 bits per heavy atom. The molecule has 0 bridgehead atoms. The van der Waals surface area contributed by atoms with Crippen LogP contribution in [0.15, 0.2) is 24.3 Å². The number of benzene rings is 1. The summed E-state index contributed by atoms with van der Waals surface area (Å²) in [5.41, 5.74) is 0.791. The van der Waals surface area contributed by atoms with Crippen molar-refractivity contribution in [1.29, 1.82) is 5.26 Å². The highest BCUT2D eigenvalue weighted by atomic mass is 16.4. The Balaban J connectivity index is 2.75. The molecule has 0 fully saturated rings. The summed E-state index contributed by atoms with van der Waals surface area (Å²) in [6.07, 6.45) is -0.0970. The Morgan fingerprint density at radius 3 is 2.76 bits per heavy atom.